The lowest BCUT2D eigenvalue weighted by Crippen LogP contribution is -2.17. The Morgan fingerprint density at radius 3 is 2.55 bits per heavy atom. The Hall–Kier alpha value is -0.890. The van der Waals surface area contributed by atoms with E-state index >= 15 is 0 Å². The third kappa shape index (κ3) is 2.02. The van der Waals surface area contributed by atoms with Crippen molar-refractivity contribution < 1.29 is 0 Å². The van der Waals surface area contributed by atoms with Gasteiger partial charge in [0.1, 0.15) is 0 Å². The molecule has 1 aromatic rings. The number of rotatable bonds is 2. The molecule has 1 aromatic heterocycles. The van der Waals surface area contributed by atoms with Crippen molar-refractivity contribution in [1.29, 1.82) is 0 Å². The van der Waals surface area contributed by atoms with Gasteiger partial charge in [-0.15, -0.1) is 0 Å². The zero-order valence-corrected chi connectivity index (χ0v) is 6.99. The Balaban J connectivity index is 2.77. The fourth-order valence-electron chi connectivity index (χ4n) is 0.915. The molecule has 0 aliphatic rings. The van der Waals surface area contributed by atoms with Gasteiger partial charge in [0.15, 0.2) is 0 Å². The Morgan fingerprint density at radius 1 is 1.36 bits per heavy atom. The number of hydrogen-bond acceptors (Lipinski definition) is 2. The van der Waals surface area contributed by atoms with Crippen molar-refractivity contribution in [3.8, 4) is 0 Å². The molecule has 2 heteroatoms. The van der Waals surface area contributed by atoms with Gasteiger partial charge in [0.25, 0.3) is 0 Å². The van der Waals surface area contributed by atoms with E-state index in [4.69, 9.17) is 5.73 Å². The third-order valence-corrected chi connectivity index (χ3v) is 1.75. The first-order chi connectivity index (χ1) is 5.22. The number of aromatic nitrogens is 1. The fraction of sp³-hybridized carbons (Fsp3) is 0.444. The summed E-state index contributed by atoms with van der Waals surface area (Å²) in [6.45, 7) is 4.19. The quantitative estimate of drug-likeness (QED) is 0.697. The molecule has 1 atom stereocenters. The second kappa shape index (κ2) is 3.49. The predicted molar refractivity (Wildman–Crippen MR) is 46.0 cm³/mol. The summed E-state index contributed by atoms with van der Waals surface area (Å²) in [4.78, 5) is 4.17. The SMILES string of the molecule is CC(C)C(N)c1ccccn1. The molecule has 0 aromatic carbocycles. The van der Waals surface area contributed by atoms with Gasteiger partial charge in [0.2, 0.25) is 0 Å². The topological polar surface area (TPSA) is 38.9 Å². The molecule has 2 N–H and O–H groups in total. The lowest BCUT2D eigenvalue weighted by atomic mass is 10.0. The molecule has 1 heterocycles. The van der Waals surface area contributed by atoms with Crippen LogP contribution in [0.15, 0.2) is 24.4 Å². The standard InChI is InChI=1S/C9H14N2/c1-7(2)9(10)8-5-3-4-6-11-8/h3-7,9H,10H2,1-2H3. The van der Waals surface area contributed by atoms with Gasteiger partial charge in [0.05, 0.1) is 5.69 Å². The molecule has 0 saturated carbocycles. The van der Waals surface area contributed by atoms with Crippen molar-refractivity contribution in [1.82, 2.24) is 4.98 Å². The van der Waals surface area contributed by atoms with Crippen molar-refractivity contribution in [3.63, 3.8) is 0 Å². The molecular weight excluding hydrogens is 136 g/mol. The number of nitrogens with zero attached hydrogens (tertiary/aromatic N) is 1. The highest BCUT2D eigenvalue weighted by Gasteiger charge is 2.09. The minimum atomic E-state index is 0.0659. The number of pyridine rings is 1. The molecule has 60 valence electrons. The van der Waals surface area contributed by atoms with Crippen LogP contribution in [0.4, 0.5) is 0 Å². The van der Waals surface area contributed by atoms with Gasteiger partial charge in [0, 0.05) is 12.2 Å². The highest BCUT2D eigenvalue weighted by atomic mass is 14.8. The Kier molecular flexibility index (Phi) is 2.60. The largest absolute Gasteiger partial charge is 0.322 e. The van der Waals surface area contributed by atoms with Crippen molar-refractivity contribution in [2.24, 2.45) is 11.7 Å². The molecule has 2 nitrogen and oxygen atoms in total. The van der Waals surface area contributed by atoms with Crippen LogP contribution in [0.1, 0.15) is 25.6 Å². The first-order valence-corrected chi connectivity index (χ1v) is 3.88. The Bertz CT molecular complexity index is 206. The second-order valence-corrected chi connectivity index (χ2v) is 3.02. The van der Waals surface area contributed by atoms with Crippen LogP contribution in [0.2, 0.25) is 0 Å². The van der Waals surface area contributed by atoms with Gasteiger partial charge >= 0.3 is 0 Å². The van der Waals surface area contributed by atoms with Crippen LogP contribution in [0.3, 0.4) is 0 Å². The maximum Gasteiger partial charge on any atom is 0.0573 e. The molecule has 0 spiro atoms. The molecule has 11 heavy (non-hydrogen) atoms. The molecule has 1 rings (SSSR count). The van der Waals surface area contributed by atoms with Gasteiger partial charge < -0.3 is 5.73 Å². The molecular formula is C9H14N2. The van der Waals surface area contributed by atoms with Crippen LogP contribution >= 0.6 is 0 Å². The molecule has 0 aliphatic carbocycles. The molecule has 0 bridgehead atoms. The average Bonchev–Trinajstić information content (AvgIpc) is 2.05. The Labute approximate surface area is 67.5 Å². The number of hydrogen-bond donors (Lipinski definition) is 1. The van der Waals surface area contributed by atoms with Crippen LogP contribution in [0.25, 0.3) is 0 Å². The summed E-state index contributed by atoms with van der Waals surface area (Å²) in [5, 5.41) is 0. The Morgan fingerprint density at radius 2 is 2.09 bits per heavy atom. The molecule has 0 aliphatic heterocycles. The van der Waals surface area contributed by atoms with Gasteiger partial charge in [-0.2, -0.15) is 0 Å². The van der Waals surface area contributed by atoms with Crippen LogP contribution in [-0.4, -0.2) is 4.98 Å². The van der Waals surface area contributed by atoms with E-state index in [1.807, 2.05) is 18.2 Å². The summed E-state index contributed by atoms with van der Waals surface area (Å²) in [7, 11) is 0. The smallest absolute Gasteiger partial charge is 0.0573 e. The summed E-state index contributed by atoms with van der Waals surface area (Å²) in [5.74, 6) is 0.449. The second-order valence-electron chi connectivity index (χ2n) is 3.02. The zero-order chi connectivity index (χ0) is 8.27. The monoisotopic (exact) mass is 150 g/mol. The van der Waals surface area contributed by atoms with E-state index in [1.54, 1.807) is 6.20 Å². The minimum absolute atomic E-state index is 0.0659. The number of nitrogens with two attached hydrogens (primary N) is 1. The molecule has 0 fully saturated rings. The van der Waals surface area contributed by atoms with Crippen molar-refractivity contribution in [2.75, 3.05) is 0 Å². The van der Waals surface area contributed by atoms with E-state index < -0.39 is 0 Å². The molecule has 1 unspecified atom stereocenters. The zero-order valence-electron chi connectivity index (χ0n) is 6.99. The molecule has 0 amide bonds. The van der Waals surface area contributed by atoms with E-state index in [2.05, 4.69) is 18.8 Å². The van der Waals surface area contributed by atoms with Crippen LogP contribution < -0.4 is 5.73 Å². The normalized spacial score (nSPS) is 13.5. The van der Waals surface area contributed by atoms with E-state index in [0.717, 1.165) is 5.69 Å². The maximum atomic E-state index is 5.88. The van der Waals surface area contributed by atoms with Crippen LogP contribution in [0, 0.1) is 5.92 Å². The fourth-order valence-corrected chi connectivity index (χ4v) is 0.915. The lowest BCUT2D eigenvalue weighted by Gasteiger charge is -2.13. The van der Waals surface area contributed by atoms with E-state index in [1.165, 1.54) is 0 Å². The summed E-state index contributed by atoms with van der Waals surface area (Å²) in [6, 6.07) is 5.89. The first-order valence-electron chi connectivity index (χ1n) is 3.88. The van der Waals surface area contributed by atoms with Gasteiger partial charge in [-0.1, -0.05) is 19.9 Å². The van der Waals surface area contributed by atoms with Crippen LogP contribution in [0.5, 0.6) is 0 Å². The van der Waals surface area contributed by atoms with E-state index in [-0.39, 0.29) is 6.04 Å². The van der Waals surface area contributed by atoms with Crippen molar-refractivity contribution >= 4 is 0 Å². The van der Waals surface area contributed by atoms with Crippen molar-refractivity contribution in [2.45, 2.75) is 19.9 Å². The summed E-state index contributed by atoms with van der Waals surface area (Å²) >= 11 is 0. The highest BCUT2D eigenvalue weighted by molar-refractivity contribution is 5.08. The molecule has 0 radical (unpaired) electrons. The summed E-state index contributed by atoms with van der Waals surface area (Å²) in [5.41, 5.74) is 6.85. The first kappa shape index (κ1) is 8.21. The third-order valence-electron chi connectivity index (χ3n) is 1.75. The van der Waals surface area contributed by atoms with E-state index in [9.17, 15) is 0 Å². The minimum Gasteiger partial charge on any atom is -0.322 e. The summed E-state index contributed by atoms with van der Waals surface area (Å²) in [6.07, 6.45) is 1.78. The summed E-state index contributed by atoms with van der Waals surface area (Å²) < 4.78 is 0. The van der Waals surface area contributed by atoms with Gasteiger partial charge in [-0.3, -0.25) is 4.98 Å². The maximum absolute atomic E-state index is 5.88. The van der Waals surface area contributed by atoms with E-state index in [0.29, 0.717) is 5.92 Å². The van der Waals surface area contributed by atoms with Gasteiger partial charge in [-0.25, -0.2) is 0 Å². The predicted octanol–water partition coefficient (Wildman–Crippen LogP) is 1.74. The average molecular weight is 150 g/mol. The van der Waals surface area contributed by atoms with Gasteiger partial charge in [-0.05, 0) is 18.1 Å². The van der Waals surface area contributed by atoms with Crippen LogP contribution in [-0.2, 0) is 0 Å². The molecule has 0 saturated heterocycles. The van der Waals surface area contributed by atoms with Crippen molar-refractivity contribution in [3.05, 3.63) is 30.1 Å². The lowest BCUT2D eigenvalue weighted by molar-refractivity contribution is 0.503. The highest BCUT2D eigenvalue weighted by Crippen LogP contribution is 2.15.